The molecule has 0 spiro atoms. The maximum absolute atomic E-state index is 12.1. The lowest BCUT2D eigenvalue weighted by Gasteiger charge is -2.06. The number of carbonyl (C=O) groups excluding carboxylic acids is 2. The van der Waals surface area contributed by atoms with E-state index in [2.05, 4.69) is 4.72 Å². The number of nitro groups is 1. The van der Waals surface area contributed by atoms with E-state index in [1.165, 1.54) is 12.1 Å². The lowest BCUT2D eigenvalue weighted by molar-refractivity contribution is -0.385. The van der Waals surface area contributed by atoms with Crippen molar-refractivity contribution in [3.63, 3.8) is 0 Å². The number of furan rings is 1. The first kappa shape index (κ1) is 19.5. The highest BCUT2D eigenvalue weighted by Crippen LogP contribution is 2.24. The van der Waals surface area contributed by atoms with Gasteiger partial charge in [0.05, 0.1) is 10.5 Å². The third kappa shape index (κ3) is 4.35. The average molecular weight is 409 g/mol. The molecule has 2 aromatic rings. The highest BCUT2D eigenvalue weighted by atomic mass is 32.2. The van der Waals surface area contributed by atoms with E-state index in [1.54, 1.807) is 0 Å². The number of amides is 1. The second kappa shape index (κ2) is 7.40. The van der Waals surface area contributed by atoms with Gasteiger partial charge in [0, 0.05) is 17.7 Å². The van der Waals surface area contributed by atoms with Gasteiger partial charge in [-0.05, 0) is 37.1 Å². The second-order valence-corrected chi connectivity index (χ2v) is 7.70. The number of ether oxygens (including phenoxy) is 1. The van der Waals surface area contributed by atoms with Gasteiger partial charge in [-0.1, -0.05) is 0 Å². The Kier molecular flexibility index (Phi) is 5.16. The number of nitrogens with one attached hydrogen (secondary N) is 1. The van der Waals surface area contributed by atoms with Crippen molar-refractivity contribution in [2.45, 2.75) is 30.6 Å². The summed E-state index contributed by atoms with van der Waals surface area (Å²) in [7, 11) is -3.87. The molecule has 148 valence electrons. The van der Waals surface area contributed by atoms with Crippen LogP contribution in [0.15, 0.2) is 39.8 Å². The van der Waals surface area contributed by atoms with Crippen LogP contribution in [-0.4, -0.2) is 31.3 Å². The van der Waals surface area contributed by atoms with Crippen molar-refractivity contribution in [3.05, 3.63) is 57.3 Å². The van der Waals surface area contributed by atoms with Crippen LogP contribution in [0, 0.1) is 10.1 Å². The van der Waals surface area contributed by atoms with Crippen LogP contribution < -0.4 is 10.5 Å². The maximum Gasteiger partial charge on any atom is 0.374 e. The van der Waals surface area contributed by atoms with Crippen LogP contribution in [0.2, 0.25) is 0 Å². The van der Waals surface area contributed by atoms with Crippen molar-refractivity contribution in [2.24, 2.45) is 5.73 Å². The van der Waals surface area contributed by atoms with E-state index in [0.29, 0.717) is 0 Å². The molecule has 0 aliphatic heterocycles. The number of esters is 1. The van der Waals surface area contributed by atoms with Crippen LogP contribution in [0.4, 0.5) is 5.69 Å². The molecule has 3 rings (SSSR count). The monoisotopic (exact) mass is 409 g/mol. The van der Waals surface area contributed by atoms with E-state index in [1.807, 2.05) is 0 Å². The fraction of sp³-hybridized carbons (Fsp3) is 0.250. The number of nitro benzene ring substituents is 1. The predicted octanol–water partition coefficient (Wildman–Crippen LogP) is 1.08. The molecule has 0 atom stereocenters. The van der Waals surface area contributed by atoms with Gasteiger partial charge in [-0.2, -0.15) is 0 Å². The summed E-state index contributed by atoms with van der Waals surface area (Å²) in [6.07, 6.45) is 1.48. The summed E-state index contributed by atoms with van der Waals surface area (Å²) in [5, 5.41) is 10.7. The zero-order chi connectivity index (χ0) is 20.5. The van der Waals surface area contributed by atoms with Crippen LogP contribution in [0.25, 0.3) is 0 Å². The molecule has 1 aromatic carbocycles. The van der Waals surface area contributed by atoms with Crippen LogP contribution in [0.1, 0.15) is 39.3 Å². The molecule has 28 heavy (non-hydrogen) atoms. The van der Waals surface area contributed by atoms with Gasteiger partial charge in [-0.15, -0.1) is 0 Å². The van der Waals surface area contributed by atoms with E-state index in [-0.39, 0.29) is 22.9 Å². The van der Waals surface area contributed by atoms with Crippen molar-refractivity contribution in [1.29, 1.82) is 0 Å². The Morgan fingerprint density at radius 1 is 1.29 bits per heavy atom. The van der Waals surface area contributed by atoms with Gasteiger partial charge < -0.3 is 14.9 Å². The van der Waals surface area contributed by atoms with Crippen LogP contribution in [0.5, 0.6) is 0 Å². The van der Waals surface area contributed by atoms with Gasteiger partial charge in [0.15, 0.2) is 0 Å². The molecular formula is C16H15N3O8S. The molecule has 0 bridgehead atoms. The summed E-state index contributed by atoms with van der Waals surface area (Å²) >= 11 is 0. The molecule has 1 aromatic heterocycles. The summed E-state index contributed by atoms with van der Waals surface area (Å²) in [6.45, 7) is -0.489. The SMILES string of the molecule is NC(=O)c1ccc(COC(=O)c2ccc(S(=O)(=O)NC3CC3)o2)c([N+](=O)[O-])c1. The molecule has 3 N–H and O–H groups in total. The summed E-state index contributed by atoms with van der Waals surface area (Å²) < 4.78 is 36.5. The van der Waals surface area contributed by atoms with E-state index in [9.17, 15) is 28.1 Å². The van der Waals surface area contributed by atoms with Gasteiger partial charge in [0.25, 0.3) is 15.7 Å². The Labute approximate surface area is 158 Å². The maximum atomic E-state index is 12.1. The number of hydrogen-bond donors (Lipinski definition) is 2. The van der Waals surface area contributed by atoms with Gasteiger partial charge in [-0.3, -0.25) is 14.9 Å². The lowest BCUT2D eigenvalue weighted by atomic mass is 10.1. The number of nitrogens with two attached hydrogens (primary N) is 1. The van der Waals surface area contributed by atoms with Gasteiger partial charge >= 0.3 is 5.97 Å². The first-order valence-electron chi connectivity index (χ1n) is 8.04. The summed E-state index contributed by atoms with van der Waals surface area (Å²) in [4.78, 5) is 33.6. The Morgan fingerprint density at radius 3 is 2.61 bits per heavy atom. The minimum Gasteiger partial charge on any atom is -0.455 e. The molecule has 0 radical (unpaired) electrons. The minimum atomic E-state index is -3.87. The van der Waals surface area contributed by atoms with Crippen LogP contribution in [-0.2, 0) is 21.4 Å². The smallest absolute Gasteiger partial charge is 0.374 e. The number of nitrogens with zero attached hydrogens (tertiary/aromatic N) is 1. The van der Waals surface area contributed by atoms with Crippen LogP contribution in [0.3, 0.4) is 0 Å². The molecule has 12 heteroatoms. The van der Waals surface area contributed by atoms with Crippen molar-refractivity contribution in [3.8, 4) is 0 Å². The van der Waals surface area contributed by atoms with Crippen molar-refractivity contribution in [1.82, 2.24) is 4.72 Å². The van der Waals surface area contributed by atoms with E-state index in [4.69, 9.17) is 14.9 Å². The van der Waals surface area contributed by atoms with Gasteiger partial charge in [-0.25, -0.2) is 17.9 Å². The van der Waals surface area contributed by atoms with Gasteiger partial charge in [0.2, 0.25) is 16.8 Å². The Balaban J connectivity index is 1.71. The molecule has 0 unspecified atom stereocenters. The molecule has 0 saturated heterocycles. The van der Waals surface area contributed by atoms with Crippen molar-refractivity contribution >= 4 is 27.6 Å². The predicted molar refractivity (Wildman–Crippen MR) is 92.8 cm³/mol. The molecular weight excluding hydrogens is 394 g/mol. The molecule has 1 heterocycles. The normalized spacial score (nSPS) is 13.9. The number of sulfonamides is 1. The summed E-state index contributed by atoms with van der Waals surface area (Å²) in [5.41, 5.74) is 4.61. The Morgan fingerprint density at radius 2 is 2.00 bits per heavy atom. The Hall–Kier alpha value is -3.25. The average Bonchev–Trinajstić information content (AvgIpc) is 3.28. The highest BCUT2D eigenvalue weighted by Gasteiger charge is 2.30. The number of rotatable bonds is 8. The standard InChI is InChI=1S/C16H15N3O8S/c17-15(20)9-1-2-10(12(7-9)19(22)23)8-26-16(21)13-5-6-14(27-13)28(24,25)18-11-3-4-11/h1-2,5-7,11,18H,3-4,8H2,(H2,17,20). The molecule has 11 nitrogen and oxygen atoms in total. The van der Waals surface area contributed by atoms with E-state index < -0.39 is 44.2 Å². The zero-order valence-electron chi connectivity index (χ0n) is 14.3. The lowest BCUT2D eigenvalue weighted by Crippen LogP contribution is -2.25. The van der Waals surface area contributed by atoms with Crippen molar-refractivity contribution < 1.29 is 32.1 Å². The highest BCUT2D eigenvalue weighted by molar-refractivity contribution is 7.89. The van der Waals surface area contributed by atoms with E-state index in [0.717, 1.165) is 31.0 Å². The molecule has 1 saturated carbocycles. The number of carbonyl (C=O) groups is 2. The third-order valence-corrected chi connectivity index (χ3v) is 5.26. The number of benzene rings is 1. The first-order valence-corrected chi connectivity index (χ1v) is 9.52. The number of hydrogen-bond acceptors (Lipinski definition) is 8. The van der Waals surface area contributed by atoms with Crippen LogP contribution >= 0.6 is 0 Å². The quantitative estimate of drug-likeness (QED) is 0.370. The first-order chi connectivity index (χ1) is 13.2. The van der Waals surface area contributed by atoms with Gasteiger partial charge in [0.1, 0.15) is 6.61 Å². The fourth-order valence-corrected chi connectivity index (χ4v) is 3.51. The minimum absolute atomic E-state index is 0.0261. The van der Waals surface area contributed by atoms with Crippen molar-refractivity contribution in [2.75, 3.05) is 0 Å². The zero-order valence-corrected chi connectivity index (χ0v) is 15.1. The van der Waals surface area contributed by atoms with E-state index >= 15 is 0 Å². The second-order valence-electron chi connectivity index (χ2n) is 6.06. The molecule has 1 fully saturated rings. The molecule has 1 aliphatic carbocycles. The Bertz CT molecular complexity index is 1060. The third-order valence-electron chi connectivity index (χ3n) is 3.87. The topological polar surface area (TPSA) is 172 Å². The largest absolute Gasteiger partial charge is 0.455 e. The molecule has 1 aliphatic rings. The summed E-state index contributed by atoms with van der Waals surface area (Å²) in [6, 6.07) is 5.60. The number of primary amides is 1. The summed E-state index contributed by atoms with van der Waals surface area (Å²) in [5.74, 6) is -2.20. The fourth-order valence-electron chi connectivity index (χ4n) is 2.28. The molecule has 1 amide bonds.